The Morgan fingerprint density at radius 3 is 2.49 bits per heavy atom. The standard InChI is InChI=1S/C29H38FN2O8P/c30-24-16-14-22(15-17-24)9-5-7-20-41(36,37)40-26(28(34)39-27(33)25-12-8-19-31-25)13-4-6-18-32-29(35)38-21-23-10-2-1-3-11-23/h1-3,10-11,14-17,25-26,31H,4-9,12-13,18-21H2,(H,32,35)(H,36,37)/t25-,26?/m0/s1. The predicted molar refractivity (Wildman–Crippen MR) is 150 cm³/mol. The Morgan fingerprint density at radius 1 is 1.02 bits per heavy atom. The van der Waals surface area contributed by atoms with Crippen LogP contribution < -0.4 is 10.6 Å². The van der Waals surface area contributed by atoms with E-state index in [9.17, 15) is 28.2 Å². The van der Waals surface area contributed by atoms with Gasteiger partial charge in [0.2, 0.25) is 0 Å². The average Bonchev–Trinajstić information content (AvgIpc) is 3.50. The van der Waals surface area contributed by atoms with E-state index >= 15 is 0 Å². The molecule has 2 unspecified atom stereocenters. The second kappa shape index (κ2) is 17.0. The van der Waals surface area contributed by atoms with Crippen LogP contribution in [0.4, 0.5) is 9.18 Å². The van der Waals surface area contributed by atoms with E-state index in [2.05, 4.69) is 10.6 Å². The lowest BCUT2D eigenvalue weighted by Crippen LogP contribution is -2.37. The highest BCUT2D eigenvalue weighted by atomic mass is 31.2. The van der Waals surface area contributed by atoms with Crippen LogP contribution in [0.25, 0.3) is 0 Å². The fourth-order valence-corrected chi connectivity index (χ4v) is 5.62. The van der Waals surface area contributed by atoms with E-state index < -0.39 is 37.8 Å². The summed E-state index contributed by atoms with van der Waals surface area (Å²) >= 11 is 0. The molecule has 0 saturated carbocycles. The summed E-state index contributed by atoms with van der Waals surface area (Å²) in [5.41, 5.74) is 1.76. The van der Waals surface area contributed by atoms with Crippen LogP contribution in [0.5, 0.6) is 0 Å². The third-order valence-electron chi connectivity index (χ3n) is 6.55. The number of amides is 1. The third kappa shape index (κ3) is 12.5. The van der Waals surface area contributed by atoms with Crippen LogP contribution in [-0.2, 0) is 41.2 Å². The van der Waals surface area contributed by atoms with Crippen LogP contribution in [0, 0.1) is 5.82 Å². The Kier molecular flexibility index (Phi) is 13.4. The quantitative estimate of drug-likeness (QED) is 0.110. The second-order valence-electron chi connectivity index (χ2n) is 9.91. The zero-order chi connectivity index (χ0) is 29.5. The lowest BCUT2D eigenvalue weighted by molar-refractivity contribution is -0.166. The molecule has 2 aromatic rings. The van der Waals surface area contributed by atoms with Gasteiger partial charge in [0.05, 0.1) is 6.16 Å². The largest absolute Gasteiger partial charge is 0.445 e. The number of carbonyl (C=O) groups excluding carboxylic acids is 3. The van der Waals surface area contributed by atoms with Crippen LogP contribution >= 0.6 is 7.60 Å². The molecule has 1 aliphatic heterocycles. The molecule has 1 amide bonds. The normalized spacial score (nSPS) is 16.9. The Bertz CT molecular complexity index is 1160. The third-order valence-corrected chi connectivity index (χ3v) is 8.01. The molecular weight excluding hydrogens is 554 g/mol. The number of ether oxygens (including phenoxy) is 2. The number of aryl methyl sites for hydroxylation is 1. The maximum Gasteiger partial charge on any atom is 0.407 e. The first-order valence-electron chi connectivity index (χ1n) is 13.9. The maximum atomic E-state index is 13.1. The van der Waals surface area contributed by atoms with Crippen LogP contribution in [0.2, 0.25) is 0 Å². The number of halogens is 1. The van der Waals surface area contributed by atoms with Gasteiger partial charge in [-0.1, -0.05) is 42.5 Å². The van der Waals surface area contributed by atoms with E-state index in [0.717, 1.165) is 17.5 Å². The number of hydrogen-bond donors (Lipinski definition) is 3. The molecule has 224 valence electrons. The highest BCUT2D eigenvalue weighted by Gasteiger charge is 2.33. The van der Waals surface area contributed by atoms with Gasteiger partial charge in [0.15, 0.2) is 6.10 Å². The predicted octanol–water partition coefficient (Wildman–Crippen LogP) is 4.64. The van der Waals surface area contributed by atoms with E-state index in [4.69, 9.17) is 14.0 Å². The lowest BCUT2D eigenvalue weighted by atomic mass is 10.1. The number of carbonyl (C=O) groups is 3. The Hall–Kier alpha value is -3.11. The Morgan fingerprint density at radius 2 is 1.78 bits per heavy atom. The number of benzene rings is 2. The smallest absolute Gasteiger partial charge is 0.407 e. The van der Waals surface area contributed by atoms with Crippen molar-refractivity contribution >= 4 is 25.6 Å². The molecular formula is C29H38FN2O8P. The highest BCUT2D eigenvalue weighted by molar-refractivity contribution is 7.52. The molecule has 10 nitrogen and oxygen atoms in total. The maximum absolute atomic E-state index is 13.1. The van der Waals surface area contributed by atoms with Crippen molar-refractivity contribution in [3.8, 4) is 0 Å². The molecule has 1 fully saturated rings. The number of alkyl carbamates (subject to hydrolysis) is 1. The number of esters is 2. The molecule has 0 aliphatic carbocycles. The summed E-state index contributed by atoms with van der Waals surface area (Å²) < 4.78 is 41.4. The molecule has 0 radical (unpaired) electrons. The summed E-state index contributed by atoms with van der Waals surface area (Å²) in [4.78, 5) is 47.5. The van der Waals surface area contributed by atoms with Crippen LogP contribution in [0.15, 0.2) is 54.6 Å². The van der Waals surface area contributed by atoms with Crippen LogP contribution in [0.1, 0.15) is 56.1 Å². The molecule has 12 heteroatoms. The minimum Gasteiger partial charge on any atom is -0.445 e. The van der Waals surface area contributed by atoms with E-state index in [0.29, 0.717) is 45.1 Å². The monoisotopic (exact) mass is 592 g/mol. The van der Waals surface area contributed by atoms with E-state index in [1.807, 2.05) is 30.3 Å². The molecule has 0 spiro atoms. The van der Waals surface area contributed by atoms with Gasteiger partial charge in [0.1, 0.15) is 18.5 Å². The minimum atomic E-state index is -4.19. The summed E-state index contributed by atoms with van der Waals surface area (Å²) in [6.07, 6.45) is 1.41. The van der Waals surface area contributed by atoms with Gasteiger partial charge in [0.25, 0.3) is 0 Å². The zero-order valence-corrected chi connectivity index (χ0v) is 23.9. The number of nitrogens with one attached hydrogen (secondary N) is 2. The topological polar surface area (TPSA) is 140 Å². The van der Waals surface area contributed by atoms with Crippen LogP contribution in [-0.4, -0.2) is 54.3 Å². The van der Waals surface area contributed by atoms with Crippen molar-refractivity contribution in [2.45, 2.75) is 70.1 Å². The fraction of sp³-hybridized carbons (Fsp3) is 0.483. The number of hydrogen-bond acceptors (Lipinski definition) is 8. The molecule has 2 aromatic carbocycles. The van der Waals surface area contributed by atoms with Gasteiger partial charge < -0.3 is 25.0 Å². The minimum absolute atomic E-state index is 0.0189. The molecule has 3 N–H and O–H groups in total. The summed E-state index contributed by atoms with van der Waals surface area (Å²) in [6.45, 7) is 1.02. The van der Waals surface area contributed by atoms with Crippen molar-refractivity contribution in [3.05, 3.63) is 71.5 Å². The molecule has 3 atom stereocenters. The van der Waals surface area contributed by atoms with Gasteiger partial charge >= 0.3 is 25.6 Å². The van der Waals surface area contributed by atoms with Crippen molar-refractivity contribution in [3.63, 3.8) is 0 Å². The van der Waals surface area contributed by atoms with E-state index in [1.165, 1.54) is 12.1 Å². The first kappa shape index (κ1) is 32.4. The number of unbranched alkanes of at least 4 members (excludes halogenated alkanes) is 2. The first-order chi connectivity index (χ1) is 19.7. The first-order valence-corrected chi connectivity index (χ1v) is 15.7. The van der Waals surface area contributed by atoms with Gasteiger partial charge in [-0.15, -0.1) is 0 Å². The number of rotatable bonds is 16. The summed E-state index contributed by atoms with van der Waals surface area (Å²) in [5, 5.41) is 5.57. The van der Waals surface area contributed by atoms with Crippen LogP contribution in [0.3, 0.4) is 0 Å². The summed E-state index contributed by atoms with van der Waals surface area (Å²) in [5.74, 6) is -2.09. The van der Waals surface area contributed by atoms with Crippen molar-refractivity contribution in [1.82, 2.24) is 10.6 Å². The van der Waals surface area contributed by atoms with Gasteiger partial charge in [0, 0.05) is 6.54 Å². The molecule has 1 heterocycles. The lowest BCUT2D eigenvalue weighted by Gasteiger charge is -2.20. The Balaban J connectivity index is 1.44. The highest BCUT2D eigenvalue weighted by Crippen LogP contribution is 2.45. The summed E-state index contributed by atoms with van der Waals surface area (Å²) in [6, 6.07) is 14.7. The van der Waals surface area contributed by atoms with E-state index in [1.54, 1.807) is 12.1 Å². The molecule has 0 aromatic heterocycles. The second-order valence-corrected chi connectivity index (χ2v) is 11.8. The summed E-state index contributed by atoms with van der Waals surface area (Å²) in [7, 11) is -4.19. The van der Waals surface area contributed by atoms with E-state index in [-0.39, 0.29) is 31.6 Å². The average molecular weight is 593 g/mol. The van der Waals surface area contributed by atoms with Gasteiger partial charge in [-0.3, -0.25) is 9.09 Å². The molecule has 1 aliphatic rings. The molecule has 1 saturated heterocycles. The molecule has 3 rings (SSSR count). The van der Waals surface area contributed by atoms with Gasteiger partial charge in [-0.25, -0.2) is 18.8 Å². The molecule has 41 heavy (non-hydrogen) atoms. The van der Waals surface area contributed by atoms with Gasteiger partial charge in [-0.05, 0) is 81.2 Å². The van der Waals surface area contributed by atoms with Crippen molar-refractivity contribution in [1.29, 1.82) is 0 Å². The van der Waals surface area contributed by atoms with Crippen molar-refractivity contribution in [2.75, 3.05) is 19.3 Å². The fourth-order valence-electron chi connectivity index (χ4n) is 4.30. The zero-order valence-electron chi connectivity index (χ0n) is 23.0. The Labute approximate surface area is 239 Å². The van der Waals surface area contributed by atoms with Gasteiger partial charge in [-0.2, -0.15) is 0 Å². The van der Waals surface area contributed by atoms with Crippen molar-refractivity contribution in [2.24, 2.45) is 0 Å². The van der Waals surface area contributed by atoms with Crippen molar-refractivity contribution < 1.29 is 42.2 Å². The SMILES string of the molecule is O=C(NCCCCC(OP(=O)(O)CCCCc1ccc(F)cc1)C(=O)OC(=O)[C@@H]1CCCN1)OCc1ccccc1. The molecule has 0 bridgehead atoms.